The summed E-state index contributed by atoms with van der Waals surface area (Å²) < 4.78 is 8.10. The minimum Gasteiger partial charge on any atom is -0.393 e. The van der Waals surface area contributed by atoms with Crippen molar-refractivity contribution >= 4 is 11.7 Å². The maximum Gasteiger partial charge on any atom is 0.0745 e. The van der Waals surface area contributed by atoms with Gasteiger partial charge in [0.1, 0.15) is 0 Å². The number of hydrogen-bond acceptors (Lipinski definition) is 4. The molecular formula is C8H12N2OS. The minimum absolute atomic E-state index is 0.0680. The molecule has 0 bridgehead atoms. The molecule has 1 aromatic heterocycles. The van der Waals surface area contributed by atoms with Crippen LogP contribution in [0.4, 0.5) is 0 Å². The average Bonchev–Trinajstić information content (AvgIpc) is 2.63. The smallest absolute Gasteiger partial charge is 0.0745 e. The van der Waals surface area contributed by atoms with E-state index in [0.29, 0.717) is 5.92 Å². The van der Waals surface area contributed by atoms with Gasteiger partial charge in [-0.2, -0.15) is 8.75 Å². The minimum atomic E-state index is -0.0680. The van der Waals surface area contributed by atoms with Gasteiger partial charge in [-0.15, -0.1) is 0 Å². The van der Waals surface area contributed by atoms with Gasteiger partial charge in [-0.1, -0.05) is 0 Å². The Labute approximate surface area is 75.8 Å². The lowest BCUT2D eigenvalue weighted by Crippen LogP contribution is -2.03. The Morgan fingerprint density at radius 1 is 1.58 bits per heavy atom. The van der Waals surface area contributed by atoms with Crippen molar-refractivity contribution in [1.29, 1.82) is 0 Å². The second-order valence-corrected chi connectivity index (χ2v) is 3.99. The van der Waals surface area contributed by atoms with E-state index in [1.807, 2.05) is 6.20 Å². The number of aliphatic hydroxyl groups is 1. The van der Waals surface area contributed by atoms with E-state index < -0.39 is 0 Å². The van der Waals surface area contributed by atoms with Gasteiger partial charge in [0, 0.05) is 0 Å². The van der Waals surface area contributed by atoms with Gasteiger partial charge in [0.25, 0.3) is 0 Å². The van der Waals surface area contributed by atoms with Crippen LogP contribution in [0.3, 0.4) is 0 Å². The summed E-state index contributed by atoms with van der Waals surface area (Å²) in [5, 5.41) is 9.29. The molecule has 0 saturated heterocycles. The van der Waals surface area contributed by atoms with Crippen molar-refractivity contribution in [3.05, 3.63) is 11.9 Å². The maximum atomic E-state index is 9.29. The summed E-state index contributed by atoms with van der Waals surface area (Å²) in [6, 6.07) is 0. The SMILES string of the molecule is OC1CCC(Cc2cnsn2)C1. The summed E-state index contributed by atoms with van der Waals surface area (Å²) in [5.41, 5.74) is 1.08. The molecule has 0 radical (unpaired) electrons. The number of aliphatic hydroxyl groups excluding tert-OH is 1. The molecule has 0 aromatic carbocycles. The molecule has 1 saturated carbocycles. The summed E-state index contributed by atoms with van der Waals surface area (Å²) in [6.07, 6.45) is 5.79. The highest BCUT2D eigenvalue weighted by Crippen LogP contribution is 2.27. The van der Waals surface area contributed by atoms with Crippen LogP contribution in [0.2, 0.25) is 0 Å². The molecular weight excluding hydrogens is 172 g/mol. The molecule has 0 spiro atoms. The molecule has 1 heterocycles. The average molecular weight is 184 g/mol. The van der Waals surface area contributed by atoms with Gasteiger partial charge in [-0.05, 0) is 31.6 Å². The highest BCUT2D eigenvalue weighted by atomic mass is 32.1. The zero-order chi connectivity index (χ0) is 8.39. The molecule has 66 valence electrons. The molecule has 1 aromatic rings. The largest absolute Gasteiger partial charge is 0.393 e. The lowest BCUT2D eigenvalue weighted by Gasteiger charge is -2.04. The monoisotopic (exact) mass is 184 g/mol. The van der Waals surface area contributed by atoms with Crippen LogP contribution in [0.15, 0.2) is 6.20 Å². The molecule has 12 heavy (non-hydrogen) atoms. The lowest BCUT2D eigenvalue weighted by atomic mass is 10.0. The summed E-state index contributed by atoms with van der Waals surface area (Å²) in [7, 11) is 0. The van der Waals surface area contributed by atoms with Gasteiger partial charge in [-0.25, -0.2) is 0 Å². The Kier molecular flexibility index (Phi) is 2.37. The highest BCUT2D eigenvalue weighted by Gasteiger charge is 2.23. The molecule has 1 aliphatic rings. The Bertz CT molecular complexity index is 237. The van der Waals surface area contributed by atoms with Crippen molar-refractivity contribution in [1.82, 2.24) is 8.75 Å². The zero-order valence-corrected chi connectivity index (χ0v) is 7.63. The third kappa shape index (κ3) is 1.81. The summed E-state index contributed by atoms with van der Waals surface area (Å²) in [6.45, 7) is 0. The molecule has 0 aliphatic heterocycles. The number of nitrogens with zero attached hydrogens (tertiary/aromatic N) is 2. The van der Waals surface area contributed by atoms with Crippen LogP contribution in [0.25, 0.3) is 0 Å². The molecule has 3 nitrogen and oxygen atoms in total. The standard InChI is InChI=1S/C8H12N2OS/c11-8-2-1-6(4-8)3-7-5-9-12-10-7/h5-6,8,11H,1-4H2. The first-order valence-electron chi connectivity index (χ1n) is 4.29. The first kappa shape index (κ1) is 8.13. The normalized spacial score (nSPS) is 29.4. The molecule has 2 atom stereocenters. The molecule has 1 N–H and O–H groups in total. The Morgan fingerprint density at radius 2 is 2.50 bits per heavy atom. The van der Waals surface area contributed by atoms with Gasteiger partial charge in [0.05, 0.1) is 29.7 Å². The topological polar surface area (TPSA) is 46.0 Å². The predicted octanol–water partition coefficient (Wildman–Crippen LogP) is 1.24. The number of rotatable bonds is 2. The summed E-state index contributed by atoms with van der Waals surface area (Å²) in [4.78, 5) is 0. The van der Waals surface area contributed by atoms with Crippen molar-refractivity contribution < 1.29 is 5.11 Å². The molecule has 2 unspecified atom stereocenters. The molecule has 0 amide bonds. The van der Waals surface area contributed by atoms with E-state index in [-0.39, 0.29) is 6.10 Å². The number of hydrogen-bond donors (Lipinski definition) is 1. The third-order valence-electron chi connectivity index (χ3n) is 2.42. The van der Waals surface area contributed by atoms with Crippen LogP contribution in [-0.2, 0) is 6.42 Å². The van der Waals surface area contributed by atoms with Crippen LogP contribution in [0.5, 0.6) is 0 Å². The van der Waals surface area contributed by atoms with Gasteiger partial charge in [0.2, 0.25) is 0 Å². The van der Waals surface area contributed by atoms with E-state index in [1.165, 1.54) is 11.7 Å². The molecule has 1 aliphatic carbocycles. The zero-order valence-electron chi connectivity index (χ0n) is 6.81. The van der Waals surface area contributed by atoms with Gasteiger partial charge < -0.3 is 5.11 Å². The Morgan fingerprint density at radius 3 is 3.08 bits per heavy atom. The maximum absolute atomic E-state index is 9.29. The van der Waals surface area contributed by atoms with Crippen LogP contribution in [0.1, 0.15) is 25.0 Å². The van der Waals surface area contributed by atoms with E-state index in [0.717, 1.165) is 31.4 Å². The van der Waals surface area contributed by atoms with E-state index in [9.17, 15) is 5.11 Å². The first-order chi connectivity index (χ1) is 5.84. The van der Waals surface area contributed by atoms with Gasteiger partial charge in [-0.3, -0.25) is 0 Å². The quantitative estimate of drug-likeness (QED) is 0.752. The second kappa shape index (κ2) is 3.49. The predicted molar refractivity (Wildman–Crippen MR) is 47.0 cm³/mol. The van der Waals surface area contributed by atoms with Crippen LogP contribution in [-0.4, -0.2) is 20.0 Å². The third-order valence-corrected chi connectivity index (χ3v) is 2.93. The van der Waals surface area contributed by atoms with Crippen molar-refractivity contribution in [2.24, 2.45) is 5.92 Å². The van der Waals surface area contributed by atoms with E-state index >= 15 is 0 Å². The first-order valence-corrected chi connectivity index (χ1v) is 5.02. The van der Waals surface area contributed by atoms with E-state index in [4.69, 9.17) is 0 Å². The summed E-state index contributed by atoms with van der Waals surface area (Å²) >= 11 is 1.26. The second-order valence-electron chi connectivity index (χ2n) is 3.44. The van der Waals surface area contributed by atoms with Gasteiger partial charge >= 0.3 is 0 Å². The fraction of sp³-hybridized carbons (Fsp3) is 0.750. The van der Waals surface area contributed by atoms with Crippen LogP contribution >= 0.6 is 11.7 Å². The lowest BCUT2D eigenvalue weighted by molar-refractivity contribution is 0.177. The Hall–Kier alpha value is -0.480. The van der Waals surface area contributed by atoms with Crippen LogP contribution in [0, 0.1) is 5.92 Å². The number of aromatic nitrogens is 2. The van der Waals surface area contributed by atoms with Gasteiger partial charge in [0.15, 0.2) is 0 Å². The highest BCUT2D eigenvalue weighted by molar-refractivity contribution is 6.99. The molecule has 2 rings (SSSR count). The fourth-order valence-corrected chi connectivity index (χ4v) is 2.25. The summed E-state index contributed by atoms with van der Waals surface area (Å²) in [5.74, 6) is 0.629. The van der Waals surface area contributed by atoms with Crippen molar-refractivity contribution in [2.45, 2.75) is 31.8 Å². The molecule has 4 heteroatoms. The van der Waals surface area contributed by atoms with Crippen molar-refractivity contribution in [3.63, 3.8) is 0 Å². The van der Waals surface area contributed by atoms with Crippen molar-refractivity contribution in [2.75, 3.05) is 0 Å². The van der Waals surface area contributed by atoms with Crippen molar-refractivity contribution in [3.8, 4) is 0 Å². The Balaban J connectivity index is 1.88. The van der Waals surface area contributed by atoms with E-state index in [2.05, 4.69) is 8.75 Å². The fourth-order valence-electron chi connectivity index (χ4n) is 1.80. The van der Waals surface area contributed by atoms with E-state index in [1.54, 1.807) is 0 Å². The van der Waals surface area contributed by atoms with Crippen LogP contribution < -0.4 is 0 Å². The molecule has 1 fully saturated rings.